The minimum Gasteiger partial charge on any atom is -0.273 e. The van der Waals surface area contributed by atoms with Crippen LogP contribution in [-0.2, 0) is 13.6 Å². The maximum atomic E-state index is 11.7. The van der Waals surface area contributed by atoms with Crippen LogP contribution in [0.15, 0.2) is 9.95 Å². The highest BCUT2D eigenvalue weighted by Crippen LogP contribution is 2.08. The quantitative estimate of drug-likeness (QED) is 0.545. The van der Waals surface area contributed by atoms with Gasteiger partial charge >= 0.3 is 5.69 Å². The molecule has 0 bridgehead atoms. The van der Waals surface area contributed by atoms with Crippen molar-refractivity contribution in [3.05, 3.63) is 10.5 Å². The molecule has 1 heterocycles. The number of aryl methyl sites for hydroxylation is 1. The maximum Gasteiger partial charge on any atom is 0.346 e. The molecule has 0 spiro atoms. The molecule has 0 aliphatic carbocycles. The fourth-order valence-electron chi connectivity index (χ4n) is 1.66. The summed E-state index contributed by atoms with van der Waals surface area (Å²) >= 11 is 1.51. The first-order chi connectivity index (χ1) is 7.70. The first kappa shape index (κ1) is 13.4. The maximum absolute atomic E-state index is 11.7. The van der Waals surface area contributed by atoms with Gasteiger partial charge in [-0.05, 0) is 12.7 Å². The largest absolute Gasteiger partial charge is 0.346 e. The molecule has 0 saturated carbocycles. The zero-order valence-electron chi connectivity index (χ0n) is 10.4. The molecule has 0 aromatic carbocycles. The van der Waals surface area contributed by atoms with Crippen LogP contribution < -0.4 is 5.69 Å². The molecule has 5 heteroatoms. The fraction of sp³-hybridized carbons (Fsp3) is 0.818. The summed E-state index contributed by atoms with van der Waals surface area (Å²) in [6.45, 7) is 2.95. The Balaban J connectivity index is 2.45. The highest BCUT2D eigenvalue weighted by atomic mass is 32.2. The van der Waals surface area contributed by atoms with Crippen molar-refractivity contribution >= 4 is 11.8 Å². The zero-order valence-corrected chi connectivity index (χ0v) is 11.2. The number of aromatic nitrogens is 3. The molecule has 0 N–H and O–H groups in total. The van der Waals surface area contributed by atoms with E-state index in [2.05, 4.69) is 12.0 Å². The van der Waals surface area contributed by atoms with Gasteiger partial charge < -0.3 is 0 Å². The summed E-state index contributed by atoms with van der Waals surface area (Å²) in [5, 5.41) is 5.07. The first-order valence-electron chi connectivity index (χ1n) is 5.88. The van der Waals surface area contributed by atoms with Crippen LogP contribution in [-0.4, -0.2) is 20.6 Å². The number of nitrogens with zero attached hydrogens (tertiary/aromatic N) is 3. The van der Waals surface area contributed by atoms with E-state index in [1.807, 2.05) is 6.26 Å². The van der Waals surface area contributed by atoms with Gasteiger partial charge in [0.05, 0.1) is 0 Å². The van der Waals surface area contributed by atoms with Crippen LogP contribution >= 0.6 is 11.8 Å². The summed E-state index contributed by atoms with van der Waals surface area (Å²) in [4.78, 5) is 11.7. The van der Waals surface area contributed by atoms with Gasteiger partial charge in [-0.15, -0.1) is 5.10 Å². The molecule has 1 rings (SSSR count). The van der Waals surface area contributed by atoms with Gasteiger partial charge in [0.1, 0.15) is 0 Å². The van der Waals surface area contributed by atoms with E-state index in [1.54, 1.807) is 16.3 Å². The van der Waals surface area contributed by atoms with Gasteiger partial charge in [-0.3, -0.25) is 4.57 Å². The SMILES string of the molecule is CCCCCCCn1nc(SC)n(C)c1=O. The average Bonchev–Trinajstić information content (AvgIpc) is 2.56. The molecular weight excluding hydrogens is 222 g/mol. The molecule has 0 amide bonds. The van der Waals surface area contributed by atoms with Crippen molar-refractivity contribution in [2.75, 3.05) is 6.26 Å². The summed E-state index contributed by atoms with van der Waals surface area (Å²) in [6.07, 6.45) is 7.96. The lowest BCUT2D eigenvalue weighted by Crippen LogP contribution is -2.23. The highest BCUT2D eigenvalue weighted by Gasteiger charge is 2.07. The molecule has 0 atom stereocenters. The molecule has 16 heavy (non-hydrogen) atoms. The van der Waals surface area contributed by atoms with Gasteiger partial charge in [0, 0.05) is 13.6 Å². The van der Waals surface area contributed by atoms with Crippen molar-refractivity contribution in [3.63, 3.8) is 0 Å². The van der Waals surface area contributed by atoms with Crippen molar-refractivity contribution in [2.45, 2.75) is 50.7 Å². The van der Waals surface area contributed by atoms with Crippen LogP contribution in [0, 0.1) is 0 Å². The number of thioether (sulfide) groups is 1. The molecule has 0 saturated heterocycles. The third kappa shape index (κ3) is 3.40. The van der Waals surface area contributed by atoms with E-state index in [0.717, 1.165) is 18.1 Å². The monoisotopic (exact) mass is 243 g/mol. The lowest BCUT2D eigenvalue weighted by molar-refractivity contribution is 0.514. The van der Waals surface area contributed by atoms with Crippen LogP contribution in [0.3, 0.4) is 0 Å². The second-order valence-corrected chi connectivity index (χ2v) is 4.74. The predicted octanol–water partition coefficient (Wildman–Crippen LogP) is 2.27. The van der Waals surface area contributed by atoms with Crippen molar-refractivity contribution in [1.29, 1.82) is 0 Å². The summed E-state index contributed by atoms with van der Waals surface area (Å²) in [6, 6.07) is 0. The van der Waals surface area contributed by atoms with Gasteiger partial charge in [0.25, 0.3) is 0 Å². The van der Waals surface area contributed by atoms with E-state index in [4.69, 9.17) is 0 Å². The van der Waals surface area contributed by atoms with Gasteiger partial charge in [-0.25, -0.2) is 9.48 Å². The number of hydrogen-bond donors (Lipinski definition) is 0. The second kappa shape index (κ2) is 6.78. The standard InChI is InChI=1S/C11H21N3OS/c1-4-5-6-7-8-9-14-11(15)13(2)10(12-14)16-3/h4-9H2,1-3H3. The van der Waals surface area contributed by atoms with Crippen molar-refractivity contribution in [1.82, 2.24) is 14.3 Å². The van der Waals surface area contributed by atoms with E-state index in [1.165, 1.54) is 37.4 Å². The Hall–Kier alpha value is -0.710. The normalized spacial score (nSPS) is 10.9. The molecule has 0 aliphatic heterocycles. The Kier molecular flexibility index (Phi) is 5.66. The van der Waals surface area contributed by atoms with Gasteiger partial charge in [0.15, 0.2) is 5.16 Å². The first-order valence-corrected chi connectivity index (χ1v) is 7.11. The van der Waals surface area contributed by atoms with E-state index in [0.29, 0.717) is 0 Å². The molecule has 1 aromatic rings. The molecule has 1 aromatic heterocycles. The number of rotatable bonds is 7. The van der Waals surface area contributed by atoms with Gasteiger partial charge in [-0.2, -0.15) is 0 Å². The minimum absolute atomic E-state index is 0.000147. The molecule has 92 valence electrons. The number of unbranched alkanes of at least 4 members (excludes halogenated alkanes) is 4. The second-order valence-electron chi connectivity index (χ2n) is 3.97. The van der Waals surface area contributed by atoms with Crippen LogP contribution in [0.5, 0.6) is 0 Å². The molecule has 0 aliphatic rings. The Labute approximate surface area is 101 Å². The average molecular weight is 243 g/mol. The Morgan fingerprint density at radius 2 is 1.94 bits per heavy atom. The summed E-state index contributed by atoms with van der Waals surface area (Å²) in [7, 11) is 1.77. The van der Waals surface area contributed by atoms with Crippen LogP contribution in [0.2, 0.25) is 0 Å². The smallest absolute Gasteiger partial charge is 0.273 e. The van der Waals surface area contributed by atoms with Crippen molar-refractivity contribution in [3.8, 4) is 0 Å². The number of hydrogen-bond acceptors (Lipinski definition) is 3. The highest BCUT2D eigenvalue weighted by molar-refractivity contribution is 7.98. The third-order valence-electron chi connectivity index (χ3n) is 2.66. The molecule has 0 fully saturated rings. The third-order valence-corrected chi connectivity index (χ3v) is 3.38. The van der Waals surface area contributed by atoms with Gasteiger partial charge in [-0.1, -0.05) is 44.4 Å². The van der Waals surface area contributed by atoms with Crippen molar-refractivity contribution < 1.29 is 0 Å². The van der Waals surface area contributed by atoms with E-state index in [9.17, 15) is 4.79 Å². The van der Waals surface area contributed by atoms with Gasteiger partial charge in [0.2, 0.25) is 0 Å². The molecule has 0 radical (unpaired) electrons. The van der Waals surface area contributed by atoms with Crippen LogP contribution in [0.1, 0.15) is 39.0 Å². The lowest BCUT2D eigenvalue weighted by Gasteiger charge is -1.99. The van der Waals surface area contributed by atoms with Crippen molar-refractivity contribution in [2.24, 2.45) is 7.05 Å². The van der Waals surface area contributed by atoms with Crippen LogP contribution in [0.4, 0.5) is 0 Å². The Morgan fingerprint density at radius 3 is 2.50 bits per heavy atom. The Bertz CT molecular complexity index is 370. The van der Waals surface area contributed by atoms with E-state index >= 15 is 0 Å². The molecule has 4 nitrogen and oxygen atoms in total. The van der Waals surface area contributed by atoms with E-state index in [-0.39, 0.29) is 5.69 Å². The zero-order chi connectivity index (χ0) is 12.0. The summed E-state index contributed by atoms with van der Waals surface area (Å²) in [5.41, 5.74) is -0.000147. The summed E-state index contributed by atoms with van der Waals surface area (Å²) in [5.74, 6) is 0. The summed E-state index contributed by atoms with van der Waals surface area (Å²) < 4.78 is 3.19. The minimum atomic E-state index is -0.000147. The van der Waals surface area contributed by atoms with E-state index < -0.39 is 0 Å². The molecular formula is C11H21N3OS. The lowest BCUT2D eigenvalue weighted by atomic mass is 10.1. The molecule has 0 unspecified atom stereocenters. The predicted molar refractivity (Wildman–Crippen MR) is 68.0 cm³/mol. The Morgan fingerprint density at radius 1 is 1.25 bits per heavy atom. The fourth-order valence-corrected chi connectivity index (χ4v) is 2.19. The van der Waals surface area contributed by atoms with Crippen LogP contribution in [0.25, 0.3) is 0 Å². The topological polar surface area (TPSA) is 39.8 Å².